The topological polar surface area (TPSA) is 105 Å². The summed E-state index contributed by atoms with van der Waals surface area (Å²) in [4.78, 5) is 35.5. The van der Waals surface area contributed by atoms with Gasteiger partial charge in [0.1, 0.15) is 13.2 Å². The van der Waals surface area contributed by atoms with Crippen LogP contribution in [0.2, 0.25) is 10.0 Å². The number of hydrogen-bond donors (Lipinski definition) is 3. The van der Waals surface area contributed by atoms with E-state index in [-0.39, 0.29) is 40.4 Å². The monoisotopic (exact) mass is 484 g/mol. The molecule has 1 aliphatic carbocycles. The molecule has 0 saturated carbocycles. The predicted octanol–water partition coefficient (Wildman–Crippen LogP) is 5.17. The van der Waals surface area contributed by atoms with E-state index in [1.54, 1.807) is 0 Å². The third-order valence-corrected chi connectivity index (χ3v) is 5.89. The summed E-state index contributed by atoms with van der Waals surface area (Å²) in [7, 11) is 0. The molecule has 0 spiro atoms. The van der Waals surface area contributed by atoms with E-state index in [9.17, 15) is 14.4 Å². The molecule has 0 aliphatic heterocycles. The number of hydrogen-bond acceptors (Lipinski definition) is 4. The first-order valence-electron chi connectivity index (χ1n) is 9.96. The molecule has 4 rings (SSSR count). The largest absolute Gasteiger partial charge is 0.478 e. The Labute approximate surface area is 199 Å². The van der Waals surface area contributed by atoms with E-state index in [2.05, 4.69) is 10.6 Å². The minimum absolute atomic E-state index is 0.0330. The van der Waals surface area contributed by atoms with Crippen molar-refractivity contribution in [2.24, 2.45) is 0 Å². The van der Waals surface area contributed by atoms with Crippen LogP contribution in [0.4, 0.5) is 10.5 Å². The summed E-state index contributed by atoms with van der Waals surface area (Å²) in [5, 5.41) is 13.8. The van der Waals surface area contributed by atoms with Gasteiger partial charge in [0.05, 0.1) is 21.3 Å². The van der Waals surface area contributed by atoms with E-state index in [1.807, 2.05) is 48.5 Å². The van der Waals surface area contributed by atoms with Crippen LogP contribution in [0.5, 0.6) is 0 Å². The van der Waals surface area contributed by atoms with Gasteiger partial charge in [0.2, 0.25) is 5.91 Å². The van der Waals surface area contributed by atoms with Crippen LogP contribution in [0.3, 0.4) is 0 Å². The number of carboxylic acid groups (broad SMARTS) is 1. The zero-order chi connectivity index (χ0) is 23.5. The number of carboxylic acids is 1. The minimum Gasteiger partial charge on any atom is -0.478 e. The molecule has 0 heterocycles. The van der Waals surface area contributed by atoms with Gasteiger partial charge in [-0.1, -0.05) is 71.7 Å². The molecule has 168 valence electrons. The number of amides is 2. The molecule has 0 atom stereocenters. The van der Waals surface area contributed by atoms with E-state index in [4.69, 9.17) is 33.0 Å². The predicted molar refractivity (Wildman–Crippen MR) is 125 cm³/mol. The lowest BCUT2D eigenvalue weighted by Gasteiger charge is -2.15. The number of aromatic carboxylic acids is 1. The molecule has 9 heteroatoms. The van der Waals surface area contributed by atoms with Crippen LogP contribution in [0.25, 0.3) is 11.1 Å². The smallest absolute Gasteiger partial charge is 0.407 e. The Balaban J connectivity index is 1.33. The molecule has 1 aliphatic rings. The molecule has 0 radical (unpaired) electrons. The number of carbonyl (C=O) groups excluding carboxylic acids is 2. The molecule has 3 aromatic carbocycles. The molecule has 2 amide bonds. The van der Waals surface area contributed by atoms with E-state index in [0.717, 1.165) is 22.3 Å². The van der Waals surface area contributed by atoms with Crippen LogP contribution in [0.15, 0.2) is 60.7 Å². The zero-order valence-corrected chi connectivity index (χ0v) is 18.6. The number of fused-ring (bicyclic) bond motifs is 3. The SMILES string of the molecule is O=C(CNC(=O)OCC1c2ccccc2-c2ccccc21)Nc1c(Cl)cc(C(=O)O)cc1Cl. The van der Waals surface area contributed by atoms with Crippen LogP contribution in [-0.4, -0.2) is 36.2 Å². The van der Waals surface area contributed by atoms with E-state index >= 15 is 0 Å². The lowest BCUT2D eigenvalue weighted by molar-refractivity contribution is -0.115. The average Bonchev–Trinajstić information content (AvgIpc) is 3.12. The van der Waals surface area contributed by atoms with Gasteiger partial charge in [0.15, 0.2) is 0 Å². The number of alkyl carbamates (subject to hydrolysis) is 1. The Morgan fingerprint density at radius 1 is 0.909 bits per heavy atom. The maximum absolute atomic E-state index is 12.2. The fraction of sp³-hybridized carbons (Fsp3) is 0.125. The molecule has 7 nitrogen and oxygen atoms in total. The van der Waals surface area contributed by atoms with Crippen LogP contribution in [0, 0.1) is 0 Å². The highest BCUT2D eigenvalue weighted by Crippen LogP contribution is 2.44. The summed E-state index contributed by atoms with van der Waals surface area (Å²) in [6, 6.07) is 18.3. The second kappa shape index (κ2) is 9.52. The number of anilines is 1. The Morgan fingerprint density at radius 3 is 2.00 bits per heavy atom. The van der Waals surface area contributed by atoms with Crippen LogP contribution in [-0.2, 0) is 9.53 Å². The first kappa shape index (κ1) is 22.6. The van der Waals surface area contributed by atoms with Gasteiger partial charge in [-0.05, 0) is 34.4 Å². The third kappa shape index (κ3) is 4.79. The molecule has 3 N–H and O–H groups in total. The fourth-order valence-electron chi connectivity index (χ4n) is 3.80. The Kier molecular flexibility index (Phi) is 6.53. The van der Waals surface area contributed by atoms with Gasteiger partial charge in [0.25, 0.3) is 0 Å². The Hall–Kier alpha value is -3.55. The number of nitrogens with one attached hydrogen (secondary N) is 2. The normalized spacial score (nSPS) is 11.9. The number of benzene rings is 3. The standard InChI is InChI=1S/C24H18Cl2N2O5/c25-19-9-13(23(30)31)10-20(26)22(19)28-21(29)11-27-24(32)33-12-18-16-7-3-1-5-14(16)15-6-2-4-8-17(15)18/h1-10,18H,11-12H2,(H,27,32)(H,28,29)(H,30,31). The van der Waals surface area contributed by atoms with Gasteiger partial charge in [-0.25, -0.2) is 9.59 Å². The van der Waals surface area contributed by atoms with Crippen molar-refractivity contribution >= 4 is 46.9 Å². The molecule has 0 bridgehead atoms. The summed E-state index contributed by atoms with van der Waals surface area (Å²) >= 11 is 12.0. The summed E-state index contributed by atoms with van der Waals surface area (Å²) in [5.74, 6) is -1.90. The number of rotatable bonds is 6. The average molecular weight is 485 g/mol. The number of ether oxygens (including phenoxy) is 1. The summed E-state index contributed by atoms with van der Waals surface area (Å²) in [5.41, 5.74) is 4.34. The van der Waals surface area contributed by atoms with Gasteiger partial charge in [-0.2, -0.15) is 0 Å². The second-order valence-electron chi connectivity index (χ2n) is 7.35. The molecular formula is C24H18Cl2N2O5. The molecular weight excluding hydrogens is 467 g/mol. The first-order valence-corrected chi connectivity index (χ1v) is 10.7. The van der Waals surface area contributed by atoms with Crippen molar-refractivity contribution < 1.29 is 24.2 Å². The lowest BCUT2D eigenvalue weighted by Crippen LogP contribution is -2.34. The van der Waals surface area contributed by atoms with Crippen molar-refractivity contribution in [3.8, 4) is 11.1 Å². The van der Waals surface area contributed by atoms with Crippen molar-refractivity contribution in [1.29, 1.82) is 0 Å². The first-order chi connectivity index (χ1) is 15.8. The summed E-state index contributed by atoms with van der Waals surface area (Å²) < 4.78 is 5.38. The van der Waals surface area contributed by atoms with Crippen molar-refractivity contribution in [3.05, 3.63) is 87.4 Å². The summed E-state index contributed by atoms with van der Waals surface area (Å²) in [6.45, 7) is -0.264. The van der Waals surface area contributed by atoms with E-state index in [0.29, 0.717) is 0 Å². The van der Waals surface area contributed by atoms with Gasteiger partial charge >= 0.3 is 12.1 Å². The van der Waals surface area contributed by atoms with Crippen molar-refractivity contribution in [2.75, 3.05) is 18.5 Å². The number of halogens is 2. The quantitative estimate of drug-likeness (QED) is 0.447. The molecule has 33 heavy (non-hydrogen) atoms. The zero-order valence-electron chi connectivity index (χ0n) is 17.1. The third-order valence-electron chi connectivity index (χ3n) is 5.29. The van der Waals surface area contributed by atoms with Crippen LogP contribution < -0.4 is 10.6 Å². The maximum atomic E-state index is 12.2. The van der Waals surface area contributed by atoms with E-state index in [1.165, 1.54) is 12.1 Å². The van der Waals surface area contributed by atoms with Crippen molar-refractivity contribution in [1.82, 2.24) is 5.32 Å². The maximum Gasteiger partial charge on any atom is 0.407 e. The van der Waals surface area contributed by atoms with Gasteiger partial charge < -0.3 is 20.5 Å². The van der Waals surface area contributed by atoms with Gasteiger partial charge in [-0.15, -0.1) is 0 Å². The molecule has 0 fully saturated rings. The second-order valence-corrected chi connectivity index (χ2v) is 8.16. The van der Waals surface area contributed by atoms with Crippen LogP contribution >= 0.6 is 23.2 Å². The summed E-state index contributed by atoms with van der Waals surface area (Å²) in [6.07, 6.45) is -0.745. The minimum atomic E-state index is -1.20. The molecule has 3 aromatic rings. The van der Waals surface area contributed by atoms with Crippen molar-refractivity contribution in [2.45, 2.75) is 5.92 Å². The highest BCUT2D eigenvalue weighted by molar-refractivity contribution is 6.40. The highest BCUT2D eigenvalue weighted by atomic mass is 35.5. The van der Waals surface area contributed by atoms with Crippen molar-refractivity contribution in [3.63, 3.8) is 0 Å². The van der Waals surface area contributed by atoms with Crippen LogP contribution in [0.1, 0.15) is 27.4 Å². The fourth-order valence-corrected chi connectivity index (χ4v) is 4.38. The Bertz CT molecular complexity index is 1190. The van der Waals surface area contributed by atoms with Gasteiger partial charge in [-0.3, -0.25) is 4.79 Å². The Morgan fingerprint density at radius 2 is 1.45 bits per heavy atom. The lowest BCUT2D eigenvalue weighted by atomic mass is 9.98. The molecule has 0 aromatic heterocycles. The number of carbonyl (C=O) groups is 3. The van der Waals surface area contributed by atoms with E-state index < -0.39 is 18.0 Å². The van der Waals surface area contributed by atoms with Gasteiger partial charge in [0, 0.05) is 5.92 Å². The molecule has 0 saturated heterocycles. The highest BCUT2D eigenvalue weighted by Gasteiger charge is 2.29. The molecule has 0 unspecified atom stereocenters.